The van der Waals surface area contributed by atoms with Crippen molar-refractivity contribution in [3.63, 3.8) is 0 Å². The Morgan fingerprint density at radius 3 is 2.66 bits per heavy atom. The number of hydrogen-bond acceptors (Lipinski definition) is 5. The van der Waals surface area contributed by atoms with Gasteiger partial charge >= 0.3 is 0 Å². The molecule has 1 fully saturated rings. The average Bonchev–Trinajstić information content (AvgIpc) is 3.55. The Balaban J connectivity index is 1.55. The van der Waals surface area contributed by atoms with Gasteiger partial charge in [-0.15, -0.1) is 5.10 Å². The van der Waals surface area contributed by atoms with E-state index in [0.29, 0.717) is 5.65 Å². The first kappa shape index (κ1) is 20.2. The number of hydrogen-bond donors (Lipinski definition) is 2. The number of carbonyl (C=O) groups excluding carboxylic acids is 2. The first-order valence-corrected chi connectivity index (χ1v) is 10.8. The minimum absolute atomic E-state index is 0.0917. The first-order valence-electron chi connectivity index (χ1n) is 10.8. The summed E-state index contributed by atoms with van der Waals surface area (Å²) < 4.78 is 3.67. The quantitative estimate of drug-likeness (QED) is 0.504. The van der Waals surface area contributed by atoms with E-state index >= 15 is 0 Å². The van der Waals surface area contributed by atoms with Gasteiger partial charge in [-0.25, -0.2) is 4.52 Å². The van der Waals surface area contributed by atoms with Crippen molar-refractivity contribution in [1.82, 2.24) is 24.1 Å². The van der Waals surface area contributed by atoms with E-state index in [-0.39, 0.29) is 11.9 Å². The van der Waals surface area contributed by atoms with Gasteiger partial charge in [0.2, 0.25) is 5.95 Å². The van der Waals surface area contributed by atoms with E-state index < -0.39 is 12.5 Å². The lowest BCUT2D eigenvalue weighted by atomic mass is 10.0. The highest BCUT2D eigenvalue weighted by Crippen LogP contribution is 2.30. The van der Waals surface area contributed by atoms with Crippen molar-refractivity contribution in [2.75, 3.05) is 25.0 Å². The minimum atomic E-state index is -0.628. The van der Waals surface area contributed by atoms with Gasteiger partial charge in [-0.3, -0.25) is 14.9 Å². The van der Waals surface area contributed by atoms with Gasteiger partial charge in [0.1, 0.15) is 6.61 Å². The fourth-order valence-corrected chi connectivity index (χ4v) is 4.28. The van der Waals surface area contributed by atoms with Gasteiger partial charge in [-0.1, -0.05) is 6.07 Å². The van der Waals surface area contributed by atoms with E-state index in [0.717, 1.165) is 60.1 Å². The molecule has 5 rings (SSSR count). The second-order valence-electron chi connectivity index (χ2n) is 7.92. The van der Waals surface area contributed by atoms with Crippen LogP contribution in [0.1, 0.15) is 30.1 Å². The van der Waals surface area contributed by atoms with E-state index in [4.69, 9.17) is 5.11 Å². The number of carbonyl (C=O) groups is 2. The zero-order valence-electron chi connectivity index (χ0n) is 17.8. The number of pyridine rings is 1. The van der Waals surface area contributed by atoms with Crippen LogP contribution in [0.2, 0.25) is 0 Å². The summed E-state index contributed by atoms with van der Waals surface area (Å²) in [6, 6.07) is 9.94. The Morgan fingerprint density at radius 1 is 1.12 bits per heavy atom. The average molecular weight is 432 g/mol. The summed E-state index contributed by atoms with van der Waals surface area (Å²) in [5.41, 5.74) is 4.23. The molecule has 0 unspecified atom stereocenters. The zero-order valence-corrected chi connectivity index (χ0v) is 17.8. The largest absolute Gasteiger partial charge is 0.387 e. The summed E-state index contributed by atoms with van der Waals surface area (Å²) in [6.07, 6.45) is 5.85. The number of nitrogens with one attached hydrogen (secondary N) is 1. The highest BCUT2D eigenvalue weighted by Gasteiger charge is 2.23. The molecule has 32 heavy (non-hydrogen) atoms. The van der Waals surface area contributed by atoms with Crippen molar-refractivity contribution in [2.24, 2.45) is 0 Å². The summed E-state index contributed by atoms with van der Waals surface area (Å²) in [6.45, 7) is 3.86. The van der Waals surface area contributed by atoms with Crippen LogP contribution < -0.4 is 5.32 Å². The van der Waals surface area contributed by atoms with Crippen molar-refractivity contribution >= 4 is 34.3 Å². The Bertz CT molecular complexity index is 1330. The third-order valence-electron chi connectivity index (χ3n) is 5.91. The Morgan fingerprint density at radius 2 is 1.91 bits per heavy atom. The maximum atomic E-state index is 13.2. The van der Waals surface area contributed by atoms with E-state index in [2.05, 4.69) is 39.0 Å². The predicted octanol–water partition coefficient (Wildman–Crippen LogP) is 2.54. The molecule has 0 aliphatic carbocycles. The van der Waals surface area contributed by atoms with Gasteiger partial charge in [0.25, 0.3) is 11.8 Å². The summed E-state index contributed by atoms with van der Waals surface area (Å²) in [4.78, 5) is 30.8. The lowest BCUT2D eigenvalue weighted by Crippen LogP contribution is -2.27. The molecule has 164 valence electrons. The molecule has 3 aromatic heterocycles. The molecule has 9 heteroatoms. The van der Waals surface area contributed by atoms with Crippen molar-refractivity contribution in [2.45, 2.75) is 26.3 Å². The van der Waals surface area contributed by atoms with Crippen LogP contribution in [0, 0.1) is 0 Å². The topological polar surface area (TPSA) is 105 Å². The number of rotatable bonds is 5. The fourth-order valence-electron chi connectivity index (χ4n) is 4.28. The molecule has 0 atom stereocenters. The standard InChI is InChI=1S/C23H24N6O3/c1-2-27-13-18(22(32)28-8-3-4-9-28)17-11-15(5-6-19(17)27)16-7-10-29-20(12-16)24-23(26-29)25-21(31)14-30/h5-7,10-13,30H,2-4,8-9,14H2,1H3,(H,25,26,31). The zero-order chi connectivity index (χ0) is 22.2. The van der Waals surface area contributed by atoms with E-state index in [9.17, 15) is 9.59 Å². The summed E-state index contributed by atoms with van der Waals surface area (Å²) in [5, 5.41) is 16.5. The molecular formula is C23H24N6O3. The molecule has 0 spiro atoms. The number of nitrogens with zero attached hydrogens (tertiary/aromatic N) is 5. The SMILES string of the molecule is CCn1cc(C(=O)N2CCCC2)c2cc(-c3ccn4nc(NC(=O)CO)nc4c3)ccc21. The number of aliphatic hydroxyl groups excluding tert-OH is 1. The van der Waals surface area contributed by atoms with Crippen molar-refractivity contribution in [3.05, 3.63) is 48.3 Å². The van der Waals surface area contributed by atoms with Crippen LogP contribution in [0.4, 0.5) is 5.95 Å². The van der Waals surface area contributed by atoms with Crippen LogP contribution in [-0.4, -0.2) is 60.7 Å². The number of aryl methyl sites for hydroxylation is 1. The Hall–Kier alpha value is -3.72. The normalized spacial score (nSPS) is 13.9. The molecule has 2 amide bonds. The smallest absolute Gasteiger partial charge is 0.256 e. The van der Waals surface area contributed by atoms with Gasteiger partial charge in [0, 0.05) is 42.9 Å². The second-order valence-corrected chi connectivity index (χ2v) is 7.92. The molecule has 9 nitrogen and oxygen atoms in total. The summed E-state index contributed by atoms with van der Waals surface area (Å²) >= 11 is 0. The third kappa shape index (κ3) is 3.50. The van der Waals surface area contributed by atoms with Gasteiger partial charge in [0.15, 0.2) is 5.65 Å². The first-order chi connectivity index (χ1) is 15.6. The molecule has 1 aliphatic heterocycles. The highest BCUT2D eigenvalue weighted by atomic mass is 16.3. The molecule has 0 saturated carbocycles. The number of anilines is 1. The number of benzene rings is 1. The van der Waals surface area contributed by atoms with Crippen LogP contribution >= 0.6 is 0 Å². The van der Waals surface area contributed by atoms with Gasteiger partial charge in [0.05, 0.1) is 5.56 Å². The number of aromatic nitrogens is 4. The minimum Gasteiger partial charge on any atom is -0.387 e. The molecule has 0 bridgehead atoms. The lowest BCUT2D eigenvalue weighted by molar-refractivity contribution is -0.118. The van der Waals surface area contributed by atoms with E-state index in [1.165, 1.54) is 0 Å². The number of aliphatic hydroxyl groups is 1. The fraction of sp³-hybridized carbons (Fsp3) is 0.304. The number of likely N-dealkylation sites (tertiary alicyclic amines) is 1. The molecule has 1 aliphatic rings. The Kier molecular flexibility index (Phi) is 5.10. The van der Waals surface area contributed by atoms with Crippen LogP contribution in [0.25, 0.3) is 27.7 Å². The molecule has 1 saturated heterocycles. The predicted molar refractivity (Wildman–Crippen MR) is 120 cm³/mol. The van der Waals surface area contributed by atoms with Crippen LogP contribution in [0.5, 0.6) is 0 Å². The summed E-state index contributed by atoms with van der Waals surface area (Å²) in [7, 11) is 0. The van der Waals surface area contributed by atoms with Crippen molar-refractivity contribution < 1.29 is 14.7 Å². The Labute approximate surface area is 184 Å². The van der Waals surface area contributed by atoms with E-state index in [1.807, 2.05) is 29.3 Å². The summed E-state index contributed by atoms with van der Waals surface area (Å²) in [5.74, 6) is -0.341. The molecule has 0 radical (unpaired) electrons. The van der Waals surface area contributed by atoms with Crippen LogP contribution in [0.3, 0.4) is 0 Å². The van der Waals surface area contributed by atoms with Crippen LogP contribution in [0.15, 0.2) is 42.7 Å². The monoisotopic (exact) mass is 432 g/mol. The van der Waals surface area contributed by atoms with Crippen LogP contribution in [-0.2, 0) is 11.3 Å². The second kappa shape index (κ2) is 8.08. The van der Waals surface area contributed by atoms with E-state index in [1.54, 1.807) is 10.7 Å². The lowest BCUT2D eigenvalue weighted by Gasteiger charge is -2.14. The number of amides is 2. The highest BCUT2D eigenvalue weighted by molar-refractivity contribution is 6.08. The molecule has 2 N–H and O–H groups in total. The molecule has 1 aromatic carbocycles. The van der Waals surface area contributed by atoms with Crippen molar-refractivity contribution in [3.8, 4) is 11.1 Å². The molecule has 4 aromatic rings. The molecular weight excluding hydrogens is 408 g/mol. The maximum absolute atomic E-state index is 13.2. The van der Waals surface area contributed by atoms with Gasteiger partial charge in [-0.2, -0.15) is 4.98 Å². The number of fused-ring (bicyclic) bond motifs is 2. The third-order valence-corrected chi connectivity index (χ3v) is 5.91. The van der Waals surface area contributed by atoms with Gasteiger partial charge in [-0.05, 0) is 55.2 Å². The maximum Gasteiger partial charge on any atom is 0.256 e. The van der Waals surface area contributed by atoms with Gasteiger partial charge < -0.3 is 14.6 Å². The molecule has 4 heterocycles. The van der Waals surface area contributed by atoms with Crippen molar-refractivity contribution in [1.29, 1.82) is 0 Å².